The van der Waals surface area contributed by atoms with E-state index in [0.29, 0.717) is 0 Å². The van der Waals surface area contributed by atoms with Crippen LogP contribution in [0.5, 0.6) is 0 Å². The lowest BCUT2D eigenvalue weighted by Gasteiger charge is -2.36. The van der Waals surface area contributed by atoms with Gasteiger partial charge >= 0.3 is 5.97 Å². The predicted octanol–water partition coefficient (Wildman–Crippen LogP) is 1.75. The zero-order chi connectivity index (χ0) is 13.7. The highest BCUT2D eigenvalue weighted by molar-refractivity contribution is 5.72. The molecule has 0 aromatic rings. The number of carbonyl (C=O) groups is 1. The summed E-state index contributed by atoms with van der Waals surface area (Å²) in [6.45, 7) is 4.41. The van der Waals surface area contributed by atoms with Gasteiger partial charge in [0.15, 0.2) is 0 Å². The lowest BCUT2D eigenvalue weighted by atomic mass is 9.96. The standard InChI is InChI=1S/C15H28N2O2/c1-16-9-4-3-7-14(16)8-11-17-10-5-6-13(12-17)15(18)19-2/h13-14H,3-12H2,1-2H3. The molecule has 2 rings (SSSR count). The van der Waals surface area contributed by atoms with Crippen molar-refractivity contribution in [2.24, 2.45) is 5.92 Å². The lowest BCUT2D eigenvalue weighted by molar-refractivity contribution is -0.147. The molecule has 0 radical (unpaired) electrons. The van der Waals surface area contributed by atoms with Crippen LogP contribution in [-0.4, -0.2) is 62.1 Å². The highest BCUT2D eigenvalue weighted by Crippen LogP contribution is 2.21. The number of hydrogen-bond donors (Lipinski definition) is 0. The molecular weight excluding hydrogens is 240 g/mol. The second-order valence-corrected chi connectivity index (χ2v) is 6.08. The molecule has 4 nitrogen and oxygen atoms in total. The molecule has 0 amide bonds. The van der Waals surface area contributed by atoms with Crippen molar-refractivity contribution in [3.8, 4) is 0 Å². The van der Waals surface area contributed by atoms with Gasteiger partial charge in [-0.3, -0.25) is 4.79 Å². The number of esters is 1. The molecule has 2 saturated heterocycles. The molecule has 2 fully saturated rings. The second-order valence-electron chi connectivity index (χ2n) is 6.08. The summed E-state index contributed by atoms with van der Waals surface area (Å²) in [5, 5.41) is 0. The van der Waals surface area contributed by atoms with Crippen molar-refractivity contribution < 1.29 is 9.53 Å². The van der Waals surface area contributed by atoms with Crippen molar-refractivity contribution >= 4 is 5.97 Å². The van der Waals surface area contributed by atoms with E-state index in [2.05, 4.69) is 16.8 Å². The fourth-order valence-corrected chi connectivity index (χ4v) is 3.46. The highest BCUT2D eigenvalue weighted by atomic mass is 16.5. The normalized spacial score (nSPS) is 30.2. The monoisotopic (exact) mass is 268 g/mol. The third kappa shape index (κ3) is 4.18. The third-order valence-electron chi connectivity index (χ3n) is 4.74. The van der Waals surface area contributed by atoms with Gasteiger partial charge in [0.2, 0.25) is 0 Å². The Morgan fingerprint density at radius 3 is 2.79 bits per heavy atom. The molecule has 110 valence electrons. The van der Waals surface area contributed by atoms with Crippen LogP contribution >= 0.6 is 0 Å². The van der Waals surface area contributed by atoms with Gasteiger partial charge in [-0.15, -0.1) is 0 Å². The van der Waals surface area contributed by atoms with Crippen LogP contribution < -0.4 is 0 Å². The van der Waals surface area contributed by atoms with E-state index in [1.165, 1.54) is 39.3 Å². The van der Waals surface area contributed by atoms with Crippen LogP contribution in [0, 0.1) is 5.92 Å². The molecule has 2 atom stereocenters. The summed E-state index contributed by atoms with van der Waals surface area (Å²) < 4.78 is 4.88. The van der Waals surface area contributed by atoms with Crippen LogP contribution in [-0.2, 0) is 9.53 Å². The van der Waals surface area contributed by atoms with E-state index < -0.39 is 0 Å². The van der Waals surface area contributed by atoms with Gasteiger partial charge in [0, 0.05) is 12.6 Å². The van der Waals surface area contributed by atoms with Gasteiger partial charge in [-0.2, -0.15) is 0 Å². The Morgan fingerprint density at radius 2 is 2.05 bits per heavy atom. The summed E-state index contributed by atoms with van der Waals surface area (Å²) in [5.41, 5.74) is 0. The molecule has 0 bridgehead atoms. The number of likely N-dealkylation sites (tertiary alicyclic amines) is 2. The van der Waals surface area contributed by atoms with E-state index in [0.717, 1.165) is 38.5 Å². The van der Waals surface area contributed by atoms with E-state index in [9.17, 15) is 4.79 Å². The van der Waals surface area contributed by atoms with E-state index in [4.69, 9.17) is 4.74 Å². The maximum Gasteiger partial charge on any atom is 0.309 e. The number of rotatable bonds is 4. The van der Waals surface area contributed by atoms with E-state index in [1.807, 2.05) is 0 Å². The number of ether oxygens (including phenoxy) is 1. The third-order valence-corrected chi connectivity index (χ3v) is 4.74. The van der Waals surface area contributed by atoms with Crippen LogP contribution in [0.1, 0.15) is 38.5 Å². The maximum absolute atomic E-state index is 11.6. The van der Waals surface area contributed by atoms with Crippen LogP contribution in [0.15, 0.2) is 0 Å². The van der Waals surface area contributed by atoms with Gasteiger partial charge in [0.05, 0.1) is 13.0 Å². The second kappa shape index (κ2) is 7.25. The number of piperidine rings is 2. The predicted molar refractivity (Wildman–Crippen MR) is 76.1 cm³/mol. The Morgan fingerprint density at radius 1 is 1.21 bits per heavy atom. The number of hydrogen-bond acceptors (Lipinski definition) is 4. The number of nitrogens with zero attached hydrogens (tertiary/aromatic N) is 2. The Balaban J connectivity index is 1.74. The molecule has 0 N–H and O–H groups in total. The molecule has 2 aliphatic heterocycles. The smallest absolute Gasteiger partial charge is 0.309 e. The SMILES string of the molecule is COC(=O)C1CCCN(CCC2CCCCN2C)C1. The lowest BCUT2D eigenvalue weighted by Crippen LogP contribution is -2.43. The molecular formula is C15H28N2O2. The zero-order valence-electron chi connectivity index (χ0n) is 12.4. The first-order valence-electron chi connectivity index (χ1n) is 7.71. The van der Waals surface area contributed by atoms with Gasteiger partial charge in [-0.1, -0.05) is 6.42 Å². The quantitative estimate of drug-likeness (QED) is 0.727. The van der Waals surface area contributed by atoms with Gasteiger partial charge in [0.1, 0.15) is 0 Å². The first kappa shape index (κ1) is 14.8. The van der Waals surface area contributed by atoms with Crippen molar-refractivity contribution in [3.05, 3.63) is 0 Å². The van der Waals surface area contributed by atoms with Crippen molar-refractivity contribution in [1.29, 1.82) is 0 Å². The molecule has 19 heavy (non-hydrogen) atoms. The first-order valence-corrected chi connectivity index (χ1v) is 7.71. The summed E-state index contributed by atoms with van der Waals surface area (Å²) in [6, 6.07) is 0.743. The van der Waals surface area contributed by atoms with Crippen molar-refractivity contribution in [3.63, 3.8) is 0 Å². The van der Waals surface area contributed by atoms with Crippen molar-refractivity contribution in [1.82, 2.24) is 9.80 Å². The average Bonchev–Trinajstić information content (AvgIpc) is 2.46. The Hall–Kier alpha value is -0.610. The largest absolute Gasteiger partial charge is 0.469 e. The van der Waals surface area contributed by atoms with Crippen LogP contribution in [0.25, 0.3) is 0 Å². The summed E-state index contributed by atoms with van der Waals surface area (Å²) in [5.74, 6) is 0.0716. The van der Waals surface area contributed by atoms with Crippen LogP contribution in [0.2, 0.25) is 0 Å². The van der Waals surface area contributed by atoms with E-state index in [-0.39, 0.29) is 11.9 Å². The minimum absolute atomic E-state index is 0.0283. The molecule has 2 unspecified atom stereocenters. The molecule has 0 aliphatic carbocycles. The maximum atomic E-state index is 11.6. The summed E-state index contributed by atoms with van der Waals surface area (Å²) in [6.07, 6.45) is 7.42. The van der Waals surface area contributed by atoms with Gasteiger partial charge in [0.25, 0.3) is 0 Å². The van der Waals surface area contributed by atoms with Gasteiger partial charge < -0.3 is 14.5 Å². The molecule has 0 spiro atoms. The van der Waals surface area contributed by atoms with E-state index in [1.54, 1.807) is 0 Å². The molecule has 4 heteroatoms. The highest BCUT2D eigenvalue weighted by Gasteiger charge is 2.27. The Bertz CT molecular complexity index is 296. The van der Waals surface area contributed by atoms with E-state index >= 15 is 0 Å². The summed E-state index contributed by atoms with van der Waals surface area (Å²) in [7, 11) is 3.75. The summed E-state index contributed by atoms with van der Waals surface area (Å²) >= 11 is 0. The summed E-state index contributed by atoms with van der Waals surface area (Å²) in [4.78, 5) is 16.6. The van der Waals surface area contributed by atoms with Crippen LogP contribution in [0.3, 0.4) is 0 Å². The molecule has 2 aliphatic rings. The molecule has 2 heterocycles. The topological polar surface area (TPSA) is 32.8 Å². The fraction of sp³-hybridized carbons (Fsp3) is 0.933. The number of carbonyl (C=O) groups excluding carboxylic acids is 1. The van der Waals surface area contributed by atoms with Crippen molar-refractivity contribution in [2.45, 2.75) is 44.6 Å². The van der Waals surface area contributed by atoms with Crippen LogP contribution in [0.4, 0.5) is 0 Å². The molecule has 0 aromatic heterocycles. The molecule has 0 aromatic carbocycles. The minimum atomic E-state index is -0.0283. The minimum Gasteiger partial charge on any atom is -0.469 e. The Kier molecular flexibility index (Phi) is 5.64. The first-order chi connectivity index (χ1) is 9.20. The Labute approximate surface area is 117 Å². The number of methoxy groups -OCH3 is 1. The van der Waals surface area contributed by atoms with Gasteiger partial charge in [-0.25, -0.2) is 0 Å². The zero-order valence-corrected chi connectivity index (χ0v) is 12.4. The van der Waals surface area contributed by atoms with Crippen molar-refractivity contribution in [2.75, 3.05) is 40.3 Å². The average molecular weight is 268 g/mol. The fourth-order valence-electron chi connectivity index (χ4n) is 3.46. The van der Waals surface area contributed by atoms with Gasteiger partial charge in [-0.05, 0) is 58.8 Å². The molecule has 0 saturated carbocycles.